The molecule has 1 aromatic heterocycles. The quantitative estimate of drug-likeness (QED) is 0.725. The van der Waals surface area contributed by atoms with E-state index < -0.39 is 0 Å². The van der Waals surface area contributed by atoms with Crippen molar-refractivity contribution < 1.29 is 0 Å². The maximum atomic E-state index is 5.63. The van der Waals surface area contributed by atoms with Crippen LogP contribution >= 0.6 is 12.2 Å². The van der Waals surface area contributed by atoms with Crippen LogP contribution in [0, 0.1) is 0 Å². The summed E-state index contributed by atoms with van der Waals surface area (Å²) in [6, 6.07) is 2.35. The molecule has 0 aliphatic heterocycles. The van der Waals surface area contributed by atoms with E-state index in [4.69, 9.17) is 18.0 Å². The van der Waals surface area contributed by atoms with E-state index in [2.05, 4.69) is 41.3 Å². The van der Waals surface area contributed by atoms with E-state index in [-0.39, 0.29) is 0 Å². The Morgan fingerprint density at radius 2 is 2.33 bits per heavy atom. The van der Waals surface area contributed by atoms with E-state index >= 15 is 0 Å². The van der Waals surface area contributed by atoms with Crippen LogP contribution < -0.4 is 11.1 Å². The van der Waals surface area contributed by atoms with Crippen LogP contribution in [0.1, 0.15) is 25.8 Å². The summed E-state index contributed by atoms with van der Waals surface area (Å²) in [5, 5.41) is 11.1. The summed E-state index contributed by atoms with van der Waals surface area (Å²) in [6.07, 6.45) is 2.73. The second kappa shape index (κ2) is 7.23. The fourth-order valence-corrected chi connectivity index (χ4v) is 1.71. The molecule has 0 saturated heterocycles. The van der Waals surface area contributed by atoms with Crippen molar-refractivity contribution in [2.24, 2.45) is 5.73 Å². The molecular formula is C12H21N5S. The van der Waals surface area contributed by atoms with Gasteiger partial charge in [0.05, 0.1) is 11.8 Å². The van der Waals surface area contributed by atoms with Crippen molar-refractivity contribution in [1.29, 1.82) is 0 Å². The normalized spacial score (nSPS) is 12.4. The molecular weight excluding hydrogens is 246 g/mol. The average molecular weight is 267 g/mol. The van der Waals surface area contributed by atoms with Gasteiger partial charge in [-0.1, -0.05) is 19.1 Å². The van der Waals surface area contributed by atoms with Gasteiger partial charge >= 0.3 is 0 Å². The lowest BCUT2D eigenvalue weighted by Crippen LogP contribution is -2.33. The van der Waals surface area contributed by atoms with Crippen molar-refractivity contribution in [3.63, 3.8) is 0 Å². The Kier molecular flexibility index (Phi) is 5.94. The maximum absolute atomic E-state index is 5.63. The zero-order chi connectivity index (χ0) is 13.5. The van der Waals surface area contributed by atoms with Gasteiger partial charge in [0.15, 0.2) is 5.82 Å². The summed E-state index contributed by atoms with van der Waals surface area (Å²) in [7, 11) is 2.11. The Bertz CT molecular complexity index is 396. The molecule has 0 aromatic carbocycles. The van der Waals surface area contributed by atoms with E-state index in [9.17, 15) is 0 Å². The van der Waals surface area contributed by atoms with Crippen molar-refractivity contribution in [2.45, 2.75) is 26.3 Å². The zero-order valence-electron chi connectivity index (χ0n) is 11.2. The summed E-state index contributed by atoms with van der Waals surface area (Å²) in [5.41, 5.74) is 6.37. The minimum absolute atomic E-state index is 0.336. The Labute approximate surface area is 114 Å². The van der Waals surface area contributed by atoms with Crippen LogP contribution in [0.2, 0.25) is 0 Å². The molecule has 1 heterocycles. The lowest BCUT2D eigenvalue weighted by Gasteiger charge is -2.23. The first-order valence-corrected chi connectivity index (χ1v) is 6.52. The van der Waals surface area contributed by atoms with Crippen molar-refractivity contribution in [3.05, 3.63) is 17.8 Å². The van der Waals surface area contributed by atoms with Crippen LogP contribution in [0.4, 0.5) is 5.82 Å². The maximum Gasteiger partial charge on any atom is 0.158 e. The Hall–Kier alpha value is -1.27. The Balaban J connectivity index is 2.51. The molecule has 0 radical (unpaired) electrons. The van der Waals surface area contributed by atoms with Crippen LogP contribution in [0.5, 0.6) is 0 Å². The second-order valence-electron chi connectivity index (χ2n) is 4.32. The summed E-state index contributed by atoms with van der Waals surface area (Å²) in [4.78, 5) is 2.63. The molecule has 0 aliphatic rings. The van der Waals surface area contributed by atoms with E-state index in [0.29, 0.717) is 16.8 Å². The molecule has 0 aliphatic carbocycles. The molecule has 0 fully saturated rings. The van der Waals surface area contributed by atoms with Crippen LogP contribution in [0.25, 0.3) is 0 Å². The standard InChI is InChI=1S/C12H21N5S/c1-4-9(2)17(3)8-7-14-12-10(11(13)18)5-6-15-16-12/h5-6,9H,4,7-8H2,1-3H3,(H2,13,18)(H,14,16). The summed E-state index contributed by atoms with van der Waals surface area (Å²) < 4.78 is 0. The highest BCUT2D eigenvalue weighted by Crippen LogP contribution is 2.09. The number of likely N-dealkylation sites (N-methyl/N-ethyl adjacent to an activating group) is 1. The van der Waals surface area contributed by atoms with Gasteiger partial charge < -0.3 is 16.0 Å². The van der Waals surface area contributed by atoms with Gasteiger partial charge in [0, 0.05) is 19.1 Å². The SMILES string of the molecule is CCC(C)N(C)CCNc1nnccc1C(N)=S. The average Bonchev–Trinajstić information content (AvgIpc) is 2.38. The molecule has 0 amide bonds. The summed E-state index contributed by atoms with van der Waals surface area (Å²) in [6.45, 7) is 6.11. The number of thiocarbonyl (C=S) groups is 1. The molecule has 1 aromatic rings. The number of hydrogen-bond donors (Lipinski definition) is 2. The number of nitrogens with one attached hydrogen (secondary N) is 1. The number of aromatic nitrogens is 2. The zero-order valence-corrected chi connectivity index (χ0v) is 12.0. The van der Waals surface area contributed by atoms with Gasteiger partial charge in [0.2, 0.25) is 0 Å². The van der Waals surface area contributed by atoms with Crippen molar-refractivity contribution >= 4 is 23.0 Å². The van der Waals surface area contributed by atoms with Crippen molar-refractivity contribution in [1.82, 2.24) is 15.1 Å². The summed E-state index contributed by atoms with van der Waals surface area (Å²) >= 11 is 4.97. The van der Waals surface area contributed by atoms with Crippen LogP contribution in [-0.2, 0) is 0 Å². The molecule has 100 valence electrons. The second-order valence-corrected chi connectivity index (χ2v) is 4.76. The molecule has 1 rings (SSSR count). The van der Waals surface area contributed by atoms with E-state index in [1.54, 1.807) is 12.3 Å². The molecule has 0 bridgehead atoms. The number of nitrogens with zero attached hydrogens (tertiary/aromatic N) is 3. The van der Waals surface area contributed by atoms with Gasteiger partial charge in [0.1, 0.15) is 4.99 Å². The lowest BCUT2D eigenvalue weighted by atomic mass is 10.2. The topological polar surface area (TPSA) is 67.1 Å². The van der Waals surface area contributed by atoms with E-state index in [1.165, 1.54) is 0 Å². The van der Waals surface area contributed by atoms with Gasteiger partial charge in [-0.3, -0.25) is 0 Å². The third kappa shape index (κ3) is 4.19. The molecule has 18 heavy (non-hydrogen) atoms. The molecule has 1 atom stereocenters. The van der Waals surface area contributed by atoms with Crippen LogP contribution in [0.15, 0.2) is 12.3 Å². The number of nitrogens with two attached hydrogens (primary N) is 1. The minimum Gasteiger partial charge on any atom is -0.389 e. The number of anilines is 1. The molecule has 1 unspecified atom stereocenters. The van der Waals surface area contributed by atoms with Gasteiger partial charge in [-0.2, -0.15) is 5.10 Å². The summed E-state index contributed by atoms with van der Waals surface area (Å²) in [5.74, 6) is 0.655. The molecule has 0 spiro atoms. The smallest absolute Gasteiger partial charge is 0.158 e. The van der Waals surface area contributed by atoms with Crippen LogP contribution in [-0.4, -0.2) is 46.3 Å². The highest BCUT2D eigenvalue weighted by Gasteiger charge is 2.08. The predicted octanol–water partition coefficient (Wildman–Crippen LogP) is 1.25. The Morgan fingerprint density at radius 1 is 1.61 bits per heavy atom. The number of hydrogen-bond acceptors (Lipinski definition) is 5. The Morgan fingerprint density at radius 3 is 2.94 bits per heavy atom. The molecule has 5 nitrogen and oxygen atoms in total. The first kappa shape index (κ1) is 14.8. The van der Waals surface area contributed by atoms with Gasteiger partial charge in [-0.15, -0.1) is 5.10 Å². The van der Waals surface area contributed by atoms with Crippen molar-refractivity contribution in [3.8, 4) is 0 Å². The van der Waals surface area contributed by atoms with Crippen molar-refractivity contribution in [2.75, 3.05) is 25.5 Å². The molecule has 0 saturated carbocycles. The third-order valence-corrected chi connectivity index (χ3v) is 3.31. The highest BCUT2D eigenvalue weighted by molar-refractivity contribution is 7.80. The van der Waals surface area contributed by atoms with Crippen LogP contribution in [0.3, 0.4) is 0 Å². The van der Waals surface area contributed by atoms with Gasteiger partial charge in [-0.25, -0.2) is 0 Å². The number of rotatable bonds is 7. The predicted molar refractivity (Wildman–Crippen MR) is 78.8 cm³/mol. The van der Waals surface area contributed by atoms with E-state index in [1.807, 2.05) is 0 Å². The minimum atomic E-state index is 0.336. The highest BCUT2D eigenvalue weighted by atomic mass is 32.1. The van der Waals surface area contributed by atoms with E-state index in [0.717, 1.165) is 25.1 Å². The molecule has 3 N–H and O–H groups in total. The lowest BCUT2D eigenvalue weighted by molar-refractivity contribution is 0.261. The molecule has 6 heteroatoms. The van der Waals surface area contributed by atoms with Gasteiger partial charge in [0.25, 0.3) is 0 Å². The fraction of sp³-hybridized carbons (Fsp3) is 0.583. The monoisotopic (exact) mass is 267 g/mol. The third-order valence-electron chi connectivity index (χ3n) is 3.09. The first-order chi connectivity index (χ1) is 8.56. The largest absolute Gasteiger partial charge is 0.389 e. The van der Waals surface area contributed by atoms with Gasteiger partial charge in [-0.05, 0) is 26.5 Å². The first-order valence-electron chi connectivity index (χ1n) is 6.11. The fourth-order valence-electron chi connectivity index (χ4n) is 1.54.